The number of urea groups is 1. The average molecular weight is 203 g/mol. The Morgan fingerprint density at radius 3 is 2.77 bits per heavy atom. The molecule has 1 aliphatic heterocycles. The van der Waals surface area contributed by atoms with Crippen molar-refractivity contribution in [1.29, 1.82) is 0 Å². The normalized spacial score (nSPS) is 17.2. The van der Waals surface area contributed by atoms with E-state index >= 15 is 0 Å². The van der Waals surface area contributed by atoms with E-state index < -0.39 is 0 Å². The van der Waals surface area contributed by atoms with E-state index in [1.165, 1.54) is 0 Å². The fourth-order valence-electron chi connectivity index (χ4n) is 1.18. The maximum Gasteiger partial charge on any atom is 0.317 e. The molecule has 0 atom stereocenters. The van der Waals surface area contributed by atoms with Crippen LogP contribution in [0.1, 0.15) is 6.42 Å². The van der Waals surface area contributed by atoms with Crippen LogP contribution in [0.25, 0.3) is 0 Å². The van der Waals surface area contributed by atoms with E-state index in [4.69, 9.17) is 5.73 Å². The molecule has 1 rings (SSSR count). The van der Waals surface area contributed by atoms with Gasteiger partial charge in [-0.2, -0.15) is 11.8 Å². The smallest absolute Gasteiger partial charge is 0.317 e. The molecule has 3 N–H and O–H groups in total. The van der Waals surface area contributed by atoms with Crippen LogP contribution in [-0.2, 0) is 0 Å². The summed E-state index contributed by atoms with van der Waals surface area (Å²) in [6, 6.07) is 0.0637. The molecule has 0 aliphatic carbocycles. The number of hydrogen-bond donors (Lipinski definition) is 2. The van der Waals surface area contributed by atoms with Crippen molar-refractivity contribution in [2.45, 2.75) is 6.42 Å². The van der Waals surface area contributed by atoms with Gasteiger partial charge in [-0.15, -0.1) is 0 Å². The molecule has 0 aromatic heterocycles. The van der Waals surface area contributed by atoms with Gasteiger partial charge in [-0.1, -0.05) is 0 Å². The molecule has 0 unspecified atom stereocenters. The second-order valence-electron chi connectivity index (χ2n) is 2.97. The van der Waals surface area contributed by atoms with Crippen molar-refractivity contribution in [1.82, 2.24) is 10.2 Å². The largest absolute Gasteiger partial charge is 0.338 e. The Morgan fingerprint density at radius 1 is 1.46 bits per heavy atom. The van der Waals surface area contributed by atoms with Crippen molar-refractivity contribution in [2.24, 2.45) is 5.73 Å². The molecular formula is C8H17N3OS. The first-order valence-electron chi connectivity index (χ1n) is 4.65. The summed E-state index contributed by atoms with van der Waals surface area (Å²) < 4.78 is 0. The zero-order valence-corrected chi connectivity index (χ0v) is 8.61. The van der Waals surface area contributed by atoms with Crippen molar-refractivity contribution in [3.63, 3.8) is 0 Å². The molecule has 13 heavy (non-hydrogen) atoms. The van der Waals surface area contributed by atoms with Crippen LogP contribution in [0.2, 0.25) is 0 Å². The highest BCUT2D eigenvalue weighted by molar-refractivity contribution is 7.99. The third-order valence-corrected chi connectivity index (χ3v) is 2.90. The summed E-state index contributed by atoms with van der Waals surface area (Å²) in [6.07, 6.45) is 0.855. The molecule has 1 aliphatic rings. The lowest BCUT2D eigenvalue weighted by molar-refractivity contribution is 0.203. The van der Waals surface area contributed by atoms with Gasteiger partial charge in [0, 0.05) is 31.1 Å². The van der Waals surface area contributed by atoms with Gasteiger partial charge in [-0.05, 0) is 13.0 Å². The minimum Gasteiger partial charge on any atom is -0.338 e. The average Bonchev–Trinajstić information content (AvgIpc) is 2.19. The van der Waals surface area contributed by atoms with Crippen LogP contribution in [-0.4, -0.2) is 48.6 Å². The summed E-state index contributed by atoms with van der Waals surface area (Å²) in [5.74, 6) is 2.12. The van der Waals surface area contributed by atoms with Crippen molar-refractivity contribution in [2.75, 3.05) is 37.7 Å². The lowest BCUT2D eigenvalue weighted by Gasteiger charge is -2.26. The van der Waals surface area contributed by atoms with Crippen molar-refractivity contribution in [3.05, 3.63) is 0 Å². The SMILES string of the molecule is NCCCNC(=O)N1CCSCC1. The van der Waals surface area contributed by atoms with Crippen molar-refractivity contribution >= 4 is 17.8 Å². The number of nitrogens with two attached hydrogens (primary N) is 1. The Balaban J connectivity index is 2.13. The summed E-state index contributed by atoms with van der Waals surface area (Å²) >= 11 is 1.90. The minimum absolute atomic E-state index is 0.0637. The third-order valence-electron chi connectivity index (χ3n) is 1.96. The van der Waals surface area contributed by atoms with Crippen LogP contribution in [0.4, 0.5) is 4.79 Å². The molecule has 0 radical (unpaired) electrons. The van der Waals surface area contributed by atoms with Crippen molar-refractivity contribution in [3.8, 4) is 0 Å². The Bertz CT molecular complexity index is 159. The Labute approximate surface area is 83.2 Å². The van der Waals surface area contributed by atoms with E-state index in [1.807, 2.05) is 16.7 Å². The van der Waals surface area contributed by atoms with Gasteiger partial charge in [0.2, 0.25) is 0 Å². The number of carbonyl (C=O) groups excluding carboxylic acids is 1. The fourth-order valence-corrected chi connectivity index (χ4v) is 2.08. The highest BCUT2D eigenvalue weighted by Gasteiger charge is 2.15. The molecule has 1 fully saturated rings. The second-order valence-corrected chi connectivity index (χ2v) is 4.20. The molecule has 1 heterocycles. The molecule has 76 valence electrons. The van der Waals surface area contributed by atoms with Gasteiger partial charge in [0.15, 0.2) is 0 Å². The summed E-state index contributed by atoms with van der Waals surface area (Å²) in [5, 5.41) is 2.85. The standard InChI is InChI=1S/C8H17N3OS/c9-2-1-3-10-8(12)11-4-6-13-7-5-11/h1-7,9H2,(H,10,12). The topological polar surface area (TPSA) is 58.4 Å². The molecule has 0 spiro atoms. The maximum absolute atomic E-state index is 11.4. The van der Waals surface area contributed by atoms with Crippen LogP contribution in [0.5, 0.6) is 0 Å². The van der Waals surface area contributed by atoms with Gasteiger partial charge < -0.3 is 16.0 Å². The number of thioether (sulfide) groups is 1. The highest BCUT2D eigenvalue weighted by atomic mass is 32.2. The number of rotatable bonds is 3. The minimum atomic E-state index is 0.0637. The Kier molecular flexibility index (Phi) is 5.00. The summed E-state index contributed by atoms with van der Waals surface area (Å²) in [4.78, 5) is 13.3. The van der Waals surface area contributed by atoms with E-state index in [-0.39, 0.29) is 6.03 Å². The molecule has 0 aromatic carbocycles. The number of amides is 2. The first-order chi connectivity index (χ1) is 6.34. The van der Waals surface area contributed by atoms with Crippen LogP contribution in [0, 0.1) is 0 Å². The molecule has 5 heteroatoms. The number of carbonyl (C=O) groups is 1. The molecule has 0 saturated carbocycles. The van der Waals surface area contributed by atoms with Crippen LogP contribution < -0.4 is 11.1 Å². The first-order valence-corrected chi connectivity index (χ1v) is 5.80. The first kappa shape index (κ1) is 10.7. The number of hydrogen-bond acceptors (Lipinski definition) is 3. The summed E-state index contributed by atoms with van der Waals surface area (Å²) in [6.45, 7) is 3.08. The third kappa shape index (κ3) is 3.87. The lowest BCUT2D eigenvalue weighted by Crippen LogP contribution is -2.44. The van der Waals surface area contributed by atoms with E-state index in [0.717, 1.165) is 31.0 Å². The highest BCUT2D eigenvalue weighted by Crippen LogP contribution is 2.08. The van der Waals surface area contributed by atoms with Crippen LogP contribution in [0.15, 0.2) is 0 Å². The van der Waals surface area contributed by atoms with E-state index in [0.29, 0.717) is 13.1 Å². The van der Waals surface area contributed by atoms with Gasteiger partial charge in [0.1, 0.15) is 0 Å². The Hall–Kier alpha value is -0.420. The summed E-state index contributed by atoms with van der Waals surface area (Å²) in [7, 11) is 0. The maximum atomic E-state index is 11.4. The quantitative estimate of drug-likeness (QED) is 0.639. The number of nitrogens with zero attached hydrogens (tertiary/aromatic N) is 1. The van der Waals surface area contributed by atoms with Crippen molar-refractivity contribution < 1.29 is 4.79 Å². The van der Waals surface area contributed by atoms with Gasteiger partial charge >= 0.3 is 6.03 Å². The zero-order valence-electron chi connectivity index (χ0n) is 7.79. The molecule has 2 amide bonds. The monoisotopic (exact) mass is 203 g/mol. The second kappa shape index (κ2) is 6.10. The van der Waals surface area contributed by atoms with Gasteiger partial charge in [0.25, 0.3) is 0 Å². The molecule has 1 saturated heterocycles. The molecule has 0 bridgehead atoms. The van der Waals surface area contributed by atoms with Crippen LogP contribution in [0.3, 0.4) is 0 Å². The number of nitrogens with one attached hydrogen (secondary N) is 1. The van der Waals surface area contributed by atoms with E-state index in [9.17, 15) is 4.79 Å². The zero-order chi connectivity index (χ0) is 9.52. The molecule has 4 nitrogen and oxygen atoms in total. The molecular weight excluding hydrogens is 186 g/mol. The fraction of sp³-hybridized carbons (Fsp3) is 0.875. The van der Waals surface area contributed by atoms with Crippen LogP contribution >= 0.6 is 11.8 Å². The summed E-state index contributed by atoms with van der Waals surface area (Å²) in [5.41, 5.74) is 5.32. The van der Waals surface area contributed by atoms with Gasteiger partial charge in [-0.25, -0.2) is 4.79 Å². The van der Waals surface area contributed by atoms with E-state index in [1.54, 1.807) is 0 Å². The Morgan fingerprint density at radius 2 is 2.15 bits per heavy atom. The lowest BCUT2D eigenvalue weighted by atomic mass is 10.4. The van der Waals surface area contributed by atoms with Gasteiger partial charge in [0.05, 0.1) is 0 Å². The van der Waals surface area contributed by atoms with Gasteiger partial charge in [-0.3, -0.25) is 0 Å². The predicted molar refractivity (Wildman–Crippen MR) is 56.0 cm³/mol. The molecule has 0 aromatic rings. The van der Waals surface area contributed by atoms with E-state index in [2.05, 4.69) is 5.32 Å². The predicted octanol–water partition coefficient (Wildman–Crippen LogP) is 0.0936.